The monoisotopic (exact) mass is 423 g/mol. The molecule has 0 aliphatic rings. The van der Waals surface area contributed by atoms with E-state index in [0.717, 1.165) is 23.1 Å². The van der Waals surface area contributed by atoms with Crippen molar-refractivity contribution in [3.05, 3.63) is 69.5 Å². The van der Waals surface area contributed by atoms with Crippen molar-refractivity contribution in [3.63, 3.8) is 0 Å². The molecule has 1 heterocycles. The summed E-state index contributed by atoms with van der Waals surface area (Å²) in [5.74, 6) is 0.197. The first-order valence-corrected chi connectivity index (χ1v) is 9.22. The van der Waals surface area contributed by atoms with E-state index in [2.05, 4.69) is 20.6 Å². The Kier molecular flexibility index (Phi) is 6.29. The van der Waals surface area contributed by atoms with E-state index < -0.39 is 10.8 Å². The van der Waals surface area contributed by atoms with E-state index >= 15 is 0 Å². The summed E-state index contributed by atoms with van der Waals surface area (Å²) in [4.78, 5) is 32.1. The number of carbonyl (C=O) groups excluding carboxylic acids is 1. The topological polar surface area (TPSA) is 129 Å². The molecule has 1 amide bonds. The van der Waals surface area contributed by atoms with Crippen LogP contribution in [-0.4, -0.2) is 35.0 Å². The third-order valence-electron chi connectivity index (χ3n) is 4.32. The summed E-state index contributed by atoms with van der Waals surface area (Å²) in [5.41, 5.74) is 2.33. The number of amides is 1. The molecule has 0 saturated heterocycles. The van der Waals surface area contributed by atoms with Crippen LogP contribution in [0.5, 0.6) is 11.5 Å². The molecule has 160 valence electrons. The van der Waals surface area contributed by atoms with Crippen LogP contribution in [0.3, 0.4) is 0 Å². The van der Waals surface area contributed by atoms with Crippen LogP contribution in [0.1, 0.15) is 21.7 Å². The Morgan fingerprint density at radius 1 is 0.935 bits per heavy atom. The highest BCUT2D eigenvalue weighted by molar-refractivity contribution is 6.07. The number of carbonyl (C=O) groups is 1. The van der Waals surface area contributed by atoms with Crippen molar-refractivity contribution in [3.8, 4) is 11.5 Å². The largest absolute Gasteiger partial charge is 0.493 e. The maximum atomic E-state index is 12.7. The van der Waals surface area contributed by atoms with Gasteiger partial charge in [-0.2, -0.15) is 0 Å². The van der Waals surface area contributed by atoms with E-state index in [4.69, 9.17) is 9.47 Å². The Morgan fingerprint density at radius 2 is 1.48 bits per heavy atom. The first-order chi connectivity index (χ1) is 14.8. The van der Waals surface area contributed by atoms with E-state index in [1.807, 2.05) is 19.9 Å². The molecule has 0 spiro atoms. The number of nitrogens with zero attached hydrogens (tertiary/aromatic N) is 3. The molecular weight excluding hydrogens is 402 g/mol. The van der Waals surface area contributed by atoms with Gasteiger partial charge in [0.25, 0.3) is 11.6 Å². The molecule has 1 aromatic heterocycles. The first kappa shape index (κ1) is 21.5. The average molecular weight is 423 g/mol. The number of ether oxygens (including phenoxy) is 2. The molecule has 10 heteroatoms. The molecule has 10 nitrogen and oxygen atoms in total. The summed E-state index contributed by atoms with van der Waals surface area (Å²) in [5, 5.41) is 17.2. The maximum absolute atomic E-state index is 12.7. The lowest BCUT2D eigenvalue weighted by Gasteiger charge is -2.11. The number of nitro benzene ring substituents is 1. The summed E-state index contributed by atoms with van der Waals surface area (Å²) >= 11 is 0. The number of benzene rings is 2. The van der Waals surface area contributed by atoms with Crippen LogP contribution in [0, 0.1) is 24.0 Å². The number of methoxy groups -OCH3 is 2. The van der Waals surface area contributed by atoms with Crippen LogP contribution in [0.4, 0.5) is 23.0 Å². The molecule has 3 aromatic rings. The Morgan fingerprint density at radius 3 is 2.03 bits per heavy atom. The van der Waals surface area contributed by atoms with Gasteiger partial charge in [-0.1, -0.05) is 0 Å². The predicted octanol–water partition coefficient (Wildman–Crippen LogP) is 4.01. The Labute approximate surface area is 178 Å². The Bertz CT molecular complexity index is 1110. The highest BCUT2D eigenvalue weighted by Crippen LogP contribution is 2.34. The number of aryl methyl sites for hydroxylation is 2. The van der Waals surface area contributed by atoms with E-state index in [1.165, 1.54) is 20.3 Å². The molecule has 31 heavy (non-hydrogen) atoms. The molecule has 2 aromatic carbocycles. The van der Waals surface area contributed by atoms with E-state index in [1.54, 1.807) is 24.3 Å². The highest BCUT2D eigenvalue weighted by Gasteiger charge is 2.24. The fraction of sp³-hybridized carbons (Fsp3) is 0.190. The average Bonchev–Trinajstić information content (AvgIpc) is 2.73. The van der Waals surface area contributed by atoms with Crippen LogP contribution < -0.4 is 20.1 Å². The fourth-order valence-corrected chi connectivity index (χ4v) is 2.95. The third-order valence-corrected chi connectivity index (χ3v) is 4.32. The second-order valence-corrected chi connectivity index (χ2v) is 6.61. The molecule has 0 fully saturated rings. The number of aromatic nitrogens is 2. The standard InChI is InChI=1S/C21H21N5O5/c1-12-9-13(2)23-21(22-12)25-15-7-5-14(6-8-15)24-20(27)16-10-18(30-3)19(31-4)11-17(16)26(28)29/h5-11H,1-4H3,(H,24,27)(H,22,23,25). The molecule has 0 aliphatic carbocycles. The second-order valence-electron chi connectivity index (χ2n) is 6.61. The minimum Gasteiger partial charge on any atom is -0.493 e. The van der Waals surface area contributed by atoms with E-state index in [0.29, 0.717) is 11.6 Å². The number of nitrogens with one attached hydrogen (secondary N) is 2. The van der Waals surface area contributed by atoms with Gasteiger partial charge < -0.3 is 20.1 Å². The van der Waals surface area contributed by atoms with Crippen LogP contribution in [-0.2, 0) is 0 Å². The SMILES string of the molecule is COc1cc(C(=O)Nc2ccc(Nc3nc(C)cc(C)n3)cc2)c([N+](=O)[O-])cc1OC. The van der Waals surface area contributed by atoms with Crippen molar-refractivity contribution in [1.82, 2.24) is 9.97 Å². The first-order valence-electron chi connectivity index (χ1n) is 9.22. The lowest BCUT2D eigenvalue weighted by molar-refractivity contribution is -0.385. The zero-order valence-electron chi connectivity index (χ0n) is 17.4. The molecule has 0 radical (unpaired) electrons. The molecule has 0 saturated carbocycles. The Hall–Kier alpha value is -4.21. The van der Waals surface area contributed by atoms with Gasteiger partial charge in [-0.3, -0.25) is 14.9 Å². The van der Waals surface area contributed by atoms with Crippen molar-refractivity contribution < 1.29 is 19.2 Å². The summed E-state index contributed by atoms with van der Waals surface area (Å²) < 4.78 is 10.2. The number of hydrogen-bond acceptors (Lipinski definition) is 8. The molecule has 0 atom stereocenters. The van der Waals surface area contributed by atoms with Gasteiger partial charge in [0, 0.05) is 28.8 Å². The van der Waals surface area contributed by atoms with Gasteiger partial charge in [0.15, 0.2) is 11.5 Å². The van der Waals surface area contributed by atoms with Gasteiger partial charge >= 0.3 is 0 Å². The van der Waals surface area contributed by atoms with E-state index in [9.17, 15) is 14.9 Å². The zero-order valence-corrected chi connectivity index (χ0v) is 17.4. The number of anilines is 3. The molecule has 3 rings (SSSR count). The molecule has 0 unspecified atom stereocenters. The van der Waals surface area contributed by atoms with Gasteiger partial charge in [-0.05, 0) is 44.2 Å². The number of hydrogen-bond donors (Lipinski definition) is 2. The van der Waals surface area contributed by atoms with Gasteiger partial charge in [-0.15, -0.1) is 0 Å². The fourth-order valence-electron chi connectivity index (χ4n) is 2.95. The van der Waals surface area contributed by atoms with Crippen LogP contribution >= 0.6 is 0 Å². The van der Waals surface area contributed by atoms with Crippen LogP contribution in [0.15, 0.2) is 42.5 Å². The minimum atomic E-state index is -0.647. The van der Waals surface area contributed by atoms with Crippen LogP contribution in [0.25, 0.3) is 0 Å². The molecule has 2 N–H and O–H groups in total. The Balaban J connectivity index is 1.80. The van der Waals surface area contributed by atoms with E-state index in [-0.39, 0.29) is 22.7 Å². The maximum Gasteiger partial charge on any atom is 0.286 e. The lowest BCUT2D eigenvalue weighted by Crippen LogP contribution is -2.14. The smallest absolute Gasteiger partial charge is 0.286 e. The van der Waals surface area contributed by atoms with Crippen molar-refractivity contribution in [2.24, 2.45) is 0 Å². The quantitative estimate of drug-likeness (QED) is 0.431. The number of nitro groups is 1. The summed E-state index contributed by atoms with van der Waals surface area (Å²) in [6, 6.07) is 11.1. The van der Waals surface area contributed by atoms with Crippen LogP contribution in [0.2, 0.25) is 0 Å². The predicted molar refractivity (Wildman–Crippen MR) is 115 cm³/mol. The van der Waals surface area contributed by atoms with Gasteiger partial charge in [0.2, 0.25) is 5.95 Å². The summed E-state index contributed by atoms with van der Waals surface area (Å²) in [6.07, 6.45) is 0. The van der Waals surface area contributed by atoms with Gasteiger partial charge in [-0.25, -0.2) is 9.97 Å². The van der Waals surface area contributed by atoms with Crippen molar-refractivity contribution in [1.29, 1.82) is 0 Å². The zero-order chi connectivity index (χ0) is 22.5. The summed E-state index contributed by atoms with van der Waals surface area (Å²) in [6.45, 7) is 3.76. The summed E-state index contributed by atoms with van der Waals surface area (Å²) in [7, 11) is 2.75. The van der Waals surface area contributed by atoms with Gasteiger partial charge in [0.1, 0.15) is 5.56 Å². The van der Waals surface area contributed by atoms with Crippen molar-refractivity contribution in [2.75, 3.05) is 24.9 Å². The van der Waals surface area contributed by atoms with Crippen molar-refractivity contribution >= 4 is 28.9 Å². The second kappa shape index (κ2) is 9.08. The lowest BCUT2D eigenvalue weighted by atomic mass is 10.1. The normalized spacial score (nSPS) is 10.3. The highest BCUT2D eigenvalue weighted by atomic mass is 16.6. The molecule has 0 aliphatic heterocycles. The van der Waals surface area contributed by atoms with Crippen molar-refractivity contribution in [2.45, 2.75) is 13.8 Å². The molecular formula is C21H21N5O5. The third kappa shape index (κ3) is 5.04. The molecule has 0 bridgehead atoms. The van der Waals surface area contributed by atoms with Gasteiger partial charge in [0.05, 0.1) is 25.2 Å². The number of rotatable bonds is 7. The minimum absolute atomic E-state index is 0.145.